The van der Waals surface area contributed by atoms with Crippen LogP contribution in [0.15, 0.2) is 36.4 Å². The molecule has 6 heteroatoms. The summed E-state index contributed by atoms with van der Waals surface area (Å²) in [6, 6.07) is 7.12. The number of hydrogen-bond donors (Lipinski definition) is 0. The van der Waals surface area contributed by atoms with E-state index in [0.717, 1.165) is 22.4 Å². The quantitative estimate of drug-likeness (QED) is 0.384. The second-order valence-electron chi connectivity index (χ2n) is 7.08. The minimum Gasteiger partial charge on any atom is -0.423 e. The van der Waals surface area contributed by atoms with E-state index in [2.05, 4.69) is 56.7 Å². The molecule has 0 bridgehead atoms. The first-order chi connectivity index (χ1) is 13.2. The van der Waals surface area contributed by atoms with Crippen molar-refractivity contribution >= 4 is 5.97 Å². The fraction of sp³-hybridized carbons (Fsp3) is 0.273. The third-order valence-corrected chi connectivity index (χ3v) is 5.31. The van der Waals surface area contributed by atoms with Gasteiger partial charge in [0.25, 0.3) is 0 Å². The number of esters is 1. The SMILES string of the molecule is C=C(C)C(=O)Oc1ccc(-c2nnnn2-c2c(C)c(C)c(C)c(C)c2C)cc1. The number of benzene rings is 2. The van der Waals surface area contributed by atoms with E-state index < -0.39 is 5.97 Å². The van der Waals surface area contributed by atoms with Crippen LogP contribution in [-0.4, -0.2) is 26.2 Å². The topological polar surface area (TPSA) is 69.9 Å². The molecule has 0 aliphatic carbocycles. The predicted octanol–water partition coefficient (Wildman–Crippen LogP) is 4.35. The number of ether oxygens (including phenoxy) is 1. The highest BCUT2D eigenvalue weighted by molar-refractivity contribution is 5.88. The number of tetrazole rings is 1. The molecule has 0 unspecified atom stereocenters. The summed E-state index contributed by atoms with van der Waals surface area (Å²) in [6.45, 7) is 15.8. The first-order valence-corrected chi connectivity index (χ1v) is 9.06. The molecule has 0 fully saturated rings. The maximum Gasteiger partial charge on any atom is 0.338 e. The van der Waals surface area contributed by atoms with Gasteiger partial charge < -0.3 is 4.74 Å². The van der Waals surface area contributed by atoms with Crippen LogP contribution in [-0.2, 0) is 4.79 Å². The Balaban J connectivity index is 2.05. The van der Waals surface area contributed by atoms with Gasteiger partial charge in [-0.1, -0.05) is 6.58 Å². The lowest BCUT2D eigenvalue weighted by molar-refractivity contribution is -0.130. The Kier molecular flexibility index (Phi) is 5.14. The molecule has 0 spiro atoms. The summed E-state index contributed by atoms with van der Waals surface area (Å²) in [4.78, 5) is 11.7. The molecule has 3 aromatic rings. The first kappa shape index (κ1) is 19.5. The fourth-order valence-corrected chi connectivity index (χ4v) is 3.18. The molecule has 0 atom stereocenters. The first-order valence-electron chi connectivity index (χ1n) is 9.06. The van der Waals surface area contributed by atoms with Gasteiger partial charge in [0, 0.05) is 11.1 Å². The molecule has 0 N–H and O–H groups in total. The average Bonchev–Trinajstić information content (AvgIpc) is 3.15. The van der Waals surface area contributed by atoms with Crippen molar-refractivity contribution in [2.45, 2.75) is 41.5 Å². The normalized spacial score (nSPS) is 10.8. The third-order valence-electron chi connectivity index (χ3n) is 5.31. The second-order valence-corrected chi connectivity index (χ2v) is 7.08. The molecule has 28 heavy (non-hydrogen) atoms. The molecule has 0 amide bonds. The summed E-state index contributed by atoms with van der Waals surface area (Å²) in [5.74, 6) is 0.631. The third kappa shape index (κ3) is 3.33. The van der Waals surface area contributed by atoms with E-state index in [1.165, 1.54) is 16.7 Å². The summed E-state index contributed by atoms with van der Waals surface area (Å²) < 4.78 is 7.03. The highest BCUT2D eigenvalue weighted by atomic mass is 16.5. The number of rotatable bonds is 4. The van der Waals surface area contributed by atoms with Crippen molar-refractivity contribution in [3.8, 4) is 22.8 Å². The molecule has 1 heterocycles. The Morgan fingerprint density at radius 1 is 0.929 bits per heavy atom. The predicted molar refractivity (Wildman–Crippen MR) is 109 cm³/mol. The van der Waals surface area contributed by atoms with Crippen LogP contribution in [0.25, 0.3) is 17.1 Å². The van der Waals surface area contributed by atoms with Gasteiger partial charge in [0.15, 0.2) is 5.82 Å². The summed E-state index contributed by atoms with van der Waals surface area (Å²) in [7, 11) is 0. The maximum absolute atomic E-state index is 11.7. The van der Waals surface area contributed by atoms with Crippen LogP contribution in [0.5, 0.6) is 5.75 Å². The van der Waals surface area contributed by atoms with Crippen molar-refractivity contribution < 1.29 is 9.53 Å². The van der Waals surface area contributed by atoms with Gasteiger partial charge in [0.05, 0.1) is 5.69 Å². The summed E-state index contributed by atoms with van der Waals surface area (Å²) in [6.07, 6.45) is 0. The van der Waals surface area contributed by atoms with E-state index in [4.69, 9.17) is 4.74 Å². The van der Waals surface area contributed by atoms with Gasteiger partial charge in [-0.05, 0) is 104 Å². The highest BCUT2D eigenvalue weighted by Crippen LogP contribution is 2.31. The van der Waals surface area contributed by atoms with Crippen LogP contribution in [0, 0.1) is 34.6 Å². The number of carbonyl (C=O) groups excluding carboxylic acids is 1. The molecule has 0 aliphatic rings. The number of hydrogen-bond acceptors (Lipinski definition) is 5. The molecular weight excluding hydrogens is 352 g/mol. The molecule has 1 aromatic heterocycles. The highest BCUT2D eigenvalue weighted by Gasteiger charge is 2.19. The molecule has 0 saturated carbocycles. The van der Waals surface area contributed by atoms with Crippen LogP contribution in [0.4, 0.5) is 0 Å². The lowest BCUT2D eigenvalue weighted by Gasteiger charge is -2.19. The number of aromatic nitrogens is 4. The van der Waals surface area contributed by atoms with Crippen molar-refractivity contribution in [3.05, 3.63) is 64.2 Å². The van der Waals surface area contributed by atoms with Gasteiger partial charge >= 0.3 is 5.97 Å². The summed E-state index contributed by atoms with van der Waals surface area (Å²) in [5, 5.41) is 12.4. The zero-order valence-corrected chi connectivity index (χ0v) is 17.1. The number of nitrogens with zero attached hydrogens (tertiary/aromatic N) is 4. The molecule has 0 aliphatic heterocycles. The summed E-state index contributed by atoms with van der Waals surface area (Å²) >= 11 is 0. The Bertz CT molecular complexity index is 1050. The van der Waals surface area contributed by atoms with Gasteiger partial charge in [-0.2, -0.15) is 4.68 Å². The van der Waals surface area contributed by atoms with Crippen LogP contribution < -0.4 is 4.74 Å². The molecule has 3 rings (SSSR count). The van der Waals surface area contributed by atoms with Gasteiger partial charge in [0.1, 0.15) is 5.75 Å². The van der Waals surface area contributed by atoms with E-state index in [9.17, 15) is 4.79 Å². The van der Waals surface area contributed by atoms with Gasteiger partial charge in [-0.25, -0.2) is 4.79 Å². The zero-order chi connectivity index (χ0) is 20.6. The van der Waals surface area contributed by atoms with Gasteiger partial charge in [-0.15, -0.1) is 5.10 Å². The zero-order valence-electron chi connectivity index (χ0n) is 17.1. The van der Waals surface area contributed by atoms with Crippen LogP contribution in [0.3, 0.4) is 0 Å². The van der Waals surface area contributed by atoms with E-state index in [0.29, 0.717) is 17.1 Å². The monoisotopic (exact) mass is 376 g/mol. The molecule has 0 radical (unpaired) electrons. The summed E-state index contributed by atoms with van der Waals surface area (Å²) in [5.41, 5.74) is 8.25. The van der Waals surface area contributed by atoms with Crippen molar-refractivity contribution in [1.29, 1.82) is 0 Å². The lowest BCUT2D eigenvalue weighted by atomic mass is 9.93. The van der Waals surface area contributed by atoms with Crippen LogP contribution in [0.1, 0.15) is 34.7 Å². The van der Waals surface area contributed by atoms with E-state index in [-0.39, 0.29) is 0 Å². The van der Waals surface area contributed by atoms with Gasteiger partial charge in [-0.3, -0.25) is 0 Å². The Hall–Kier alpha value is -3.28. The largest absolute Gasteiger partial charge is 0.423 e. The lowest BCUT2D eigenvalue weighted by Crippen LogP contribution is -2.09. The maximum atomic E-state index is 11.7. The van der Waals surface area contributed by atoms with Crippen LogP contribution >= 0.6 is 0 Å². The molecule has 0 saturated heterocycles. The Morgan fingerprint density at radius 2 is 1.46 bits per heavy atom. The molecule has 2 aromatic carbocycles. The van der Waals surface area contributed by atoms with Crippen molar-refractivity contribution in [2.24, 2.45) is 0 Å². The minimum atomic E-state index is -0.450. The van der Waals surface area contributed by atoms with E-state index in [1.54, 1.807) is 23.7 Å². The Labute approximate surface area is 164 Å². The van der Waals surface area contributed by atoms with Crippen molar-refractivity contribution in [2.75, 3.05) is 0 Å². The Morgan fingerprint density at radius 3 is 2.00 bits per heavy atom. The van der Waals surface area contributed by atoms with Crippen LogP contribution in [0.2, 0.25) is 0 Å². The van der Waals surface area contributed by atoms with Crippen molar-refractivity contribution in [3.63, 3.8) is 0 Å². The standard InChI is InChI=1S/C22H24N4O2/c1-12(2)22(27)28-19-10-8-18(9-11-19)21-23-24-25-26(21)20-16(6)14(4)13(3)15(5)17(20)7/h8-11H,1H2,2-7H3. The van der Waals surface area contributed by atoms with Crippen molar-refractivity contribution in [1.82, 2.24) is 20.2 Å². The smallest absolute Gasteiger partial charge is 0.338 e. The fourth-order valence-electron chi connectivity index (χ4n) is 3.18. The number of carbonyl (C=O) groups is 1. The molecular formula is C22H24N4O2. The van der Waals surface area contributed by atoms with E-state index in [1.807, 2.05) is 12.1 Å². The molecule has 6 nitrogen and oxygen atoms in total. The minimum absolute atomic E-state index is 0.351. The molecule has 144 valence electrons. The average molecular weight is 376 g/mol. The van der Waals surface area contributed by atoms with Gasteiger partial charge in [0.2, 0.25) is 0 Å². The van der Waals surface area contributed by atoms with E-state index >= 15 is 0 Å². The second kappa shape index (κ2) is 7.38.